The molecule has 0 radical (unpaired) electrons. The standard InChI is InChI=1S/C15H16ClFN2/c1-2-19(11-12-3-5-18-6-4-12)15-8-13(10-16)7-14(17)9-15/h3-9H,2,10-11H2,1H3. The van der Waals surface area contributed by atoms with Gasteiger partial charge in [0.05, 0.1) is 0 Å². The summed E-state index contributed by atoms with van der Waals surface area (Å²) in [6.45, 7) is 3.57. The van der Waals surface area contributed by atoms with Crippen molar-refractivity contribution in [1.29, 1.82) is 0 Å². The van der Waals surface area contributed by atoms with Gasteiger partial charge in [-0.05, 0) is 48.4 Å². The Balaban J connectivity index is 2.24. The zero-order chi connectivity index (χ0) is 13.7. The van der Waals surface area contributed by atoms with Crippen LogP contribution in [0.2, 0.25) is 0 Å². The zero-order valence-electron chi connectivity index (χ0n) is 10.8. The third-order valence-corrected chi connectivity index (χ3v) is 3.27. The fraction of sp³-hybridized carbons (Fsp3) is 0.267. The highest BCUT2D eigenvalue weighted by Gasteiger charge is 2.08. The number of aromatic nitrogens is 1. The molecule has 100 valence electrons. The van der Waals surface area contributed by atoms with Gasteiger partial charge in [-0.2, -0.15) is 0 Å². The summed E-state index contributed by atoms with van der Waals surface area (Å²) < 4.78 is 13.6. The highest BCUT2D eigenvalue weighted by atomic mass is 35.5. The number of anilines is 1. The number of benzene rings is 1. The Labute approximate surface area is 117 Å². The summed E-state index contributed by atoms with van der Waals surface area (Å²) in [6.07, 6.45) is 3.53. The van der Waals surface area contributed by atoms with Crippen molar-refractivity contribution in [3.8, 4) is 0 Å². The van der Waals surface area contributed by atoms with Crippen LogP contribution in [0.4, 0.5) is 10.1 Å². The lowest BCUT2D eigenvalue weighted by molar-refractivity contribution is 0.625. The Morgan fingerprint density at radius 1 is 1.16 bits per heavy atom. The fourth-order valence-electron chi connectivity index (χ4n) is 1.99. The molecular weight excluding hydrogens is 263 g/mol. The van der Waals surface area contributed by atoms with Crippen LogP contribution in [0.5, 0.6) is 0 Å². The molecule has 2 nitrogen and oxygen atoms in total. The average Bonchev–Trinajstić information content (AvgIpc) is 2.45. The molecule has 0 bridgehead atoms. The van der Waals surface area contributed by atoms with Gasteiger partial charge in [0.15, 0.2) is 0 Å². The molecule has 0 N–H and O–H groups in total. The van der Waals surface area contributed by atoms with Crippen LogP contribution in [0.15, 0.2) is 42.7 Å². The average molecular weight is 279 g/mol. The maximum absolute atomic E-state index is 13.6. The quantitative estimate of drug-likeness (QED) is 0.769. The second kappa shape index (κ2) is 6.53. The molecule has 0 aliphatic carbocycles. The molecule has 4 heteroatoms. The normalized spacial score (nSPS) is 10.5. The van der Waals surface area contributed by atoms with Crippen LogP contribution < -0.4 is 4.90 Å². The van der Waals surface area contributed by atoms with E-state index in [0.717, 1.165) is 29.9 Å². The van der Waals surface area contributed by atoms with Gasteiger partial charge in [0.25, 0.3) is 0 Å². The Hall–Kier alpha value is -1.61. The number of rotatable bonds is 5. The lowest BCUT2D eigenvalue weighted by Gasteiger charge is -2.23. The van der Waals surface area contributed by atoms with Gasteiger partial charge in [-0.15, -0.1) is 11.6 Å². The monoisotopic (exact) mass is 278 g/mol. The summed E-state index contributed by atoms with van der Waals surface area (Å²) >= 11 is 5.79. The first-order chi connectivity index (χ1) is 9.22. The van der Waals surface area contributed by atoms with Crippen LogP contribution in [0.3, 0.4) is 0 Å². The van der Waals surface area contributed by atoms with Crippen molar-refractivity contribution in [3.63, 3.8) is 0 Å². The van der Waals surface area contributed by atoms with Crippen LogP contribution in [0, 0.1) is 5.82 Å². The van der Waals surface area contributed by atoms with E-state index in [2.05, 4.69) is 9.88 Å². The van der Waals surface area contributed by atoms with Gasteiger partial charge in [-0.3, -0.25) is 4.98 Å². The lowest BCUT2D eigenvalue weighted by atomic mass is 10.1. The third-order valence-electron chi connectivity index (χ3n) is 2.97. The molecule has 2 aromatic rings. The summed E-state index contributed by atoms with van der Waals surface area (Å²) in [5, 5.41) is 0. The predicted octanol–water partition coefficient (Wildman–Crippen LogP) is 3.99. The van der Waals surface area contributed by atoms with Gasteiger partial charge in [-0.1, -0.05) is 0 Å². The molecule has 1 heterocycles. The second-order valence-corrected chi connectivity index (χ2v) is 4.59. The van der Waals surface area contributed by atoms with E-state index < -0.39 is 0 Å². The first-order valence-corrected chi connectivity index (χ1v) is 6.75. The molecule has 0 saturated carbocycles. The van der Waals surface area contributed by atoms with Crippen LogP contribution >= 0.6 is 11.6 Å². The molecule has 0 fully saturated rings. The summed E-state index contributed by atoms with van der Waals surface area (Å²) in [4.78, 5) is 6.10. The molecule has 19 heavy (non-hydrogen) atoms. The van der Waals surface area contributed by atoms with Crippen LogP contribution in [-0.4, -0.2) is 11.5 Å². The molecule has 0 aliphatic heterocycles. The summed E-state index contributed by atoms with van der Waals surface area (Å²) in [5.41, 5.74) is 2.80. The molecule has 2 rings (SSSR count). The molecule has 0 amide bonds. The molecule has 1 aromatic heterocycles. The number of pyridine rings is 1. The van der Waals surface area contributed by atoms with E-state index in [1.165, 1.54) is 6.07 Å². The van der Waals surface area contributed by atoms with Crippen LogP contribution in [0.1, 0.15) is 18.1 Å². The fourth-order valence-corrected chi connectivity index (χ4v) is 2.14. The molecule has 1 aromatic carbocycles. The van der Waals surface area contributed by atoms with Crippen LogP contribution in [0.25, 0.3) is 0 Å². The highest BCUT2D eigenvalue weighted by molar-refractivity contribution is 6.17. The van der Waals surface area contributed by atoms with Gasteiger partial charge in [-0.25, -0.2) is 4.39 Å². The van der Waals surface area contributed by atoms with Crippen molar-refractivity contribution in [2.75, 3.05) is 11.4 Å². The van der Waals surface area contributed by atoms with Crippen molar-refractivity contribution in [1.82, 2.24) is 4.98 Å². The molecule has 0 aliphatic rings. The van der Waals surface area contributed by atoms with Crippen molar-refractivity contribution in [3.05, 3.63) is 59.7 Å². The zero-order valence-corrected chi connectivity index (χ0v) is 11.6. The lowest BCUT2D eigenvalue weighted by Crippen LogP contribution is -2.22. The van der Waals surface area contributed by atoms with E-state index in [1.54, 1.807) is 18.5 Å². The minimum absolute atomic E-state index is 0.249. The number of hydrogen-bond donors (Lipinski definition) is 0. The largest absolute Gasteiger partial charge is 0.367 e. The molecular formula is C15H16ClFN2. The first kappa shape index (κ1) is 13.8. The van der Waals surface area contributed by atoms with Gasteiger partial charge in [0, 0.05) is 37.1 Å². The molecule has 0 atom stereocenters. The van der Waals surface area contributed by atoms with Gasteiger partial charge in [0.1, 0.15) is 5.82 Å². The SMILES string of the molecule is CCN(Cc1ccncc1)c1cc(F)cc(CCl)c1. The second-order valence-electron chi connectivity index (χ2n) is 4.32. The summed E-state index contributed by atoms with van der Waals surface area (Å²) in [7, 11) is 0. The smallest absolute Gasteiger partial charge is 0.125 e. The number of nitrogens with zero attached hydrogens (tertiary/aromatic N) is 2. The Kier molecular flexibility index (Phi) is 4.74. The predicted molar refractivity (Wildman–Crippen MR) is 76.9 cm³/mol. The minimum Gasteiger partial charge on any atom is -0.367 e. The van der Waals surface area contributed by atoms with E-state index in [4.69, 9.17) is 11.6 Å². The van der Waals surface area contributed by atoms with Crippen molar-refractivity contribution < 1.29 is 4.39 Å². The number of alkyl halides is 1. The van der Waals surface area contributed by atoms with E-state index >= 15 is 0 Å². The van der Waals surface area contributed by atoms with E-state index in [9.17, 15) is 4.39 Å². The Morgan fingerprint density at radius 3 is 2.53 bits per heavy atom. The number of halogens is 2. The third kappa shape index (κ3) is 3.67. The summed E-state index contributed by atoms with van der Waals surface area (Å²) in [6, 6.07) is 8.87. The maximum atomic E-state index is 13.6. The van der Waals surface area contributed by atoms with Gasteiger partial charge < -0.3 is 4.90 Å². The van der Waals surface area contributed by atoms with Crippen molar-refractivity contribution in [2.45, 2.75) is 19.3 Å². The molecule has 0 unspecified atom stereocenters. The minimum atomic E-state index is -0.249. The topological polar surface area (TPSA) is 16.1 Å². The van der Waals surface area contributed by atoms with Gasteiger partial charge >= 0.3 is 0 Å². The van der Waals surface area contributed by atoms with E-state index in [-0.39, 0.29) is 5.82 Å². The first-order valence-electron chi connectivity index (χ1n) is 6.22. The van der Waals surface area contributed by atoms with Crippen molar-refractivity contribution >= 4 is 17.3 Å². The highest BCUT2D eigenvalue weighted by Crippen LogP contribution is 2.21. The van der Waals surface area contributed by atoms with E-state index in [1.807, 2.05) is 25.1 Å². The molecule has 0 spiro atoms. The van der Waals surface area contributed by atoms with Crippen molar-refractivity contribution in [2.24, 2.45) is 0 Å². The summed E-state index contributed by atoms with van der Waals surface area (Å²) in [5.74, 6) is 0.0683. The number of hydrogen-bond acceptors (Lipinski definition) is 2. The van der Waals surface area contributed by atoms with Gasteiger partial charge in [0.2, 0.25) is 0 Å². The maximum Gasteiger partial charge on any atom is 0.125 e. The Morgan fingerprint density at radius 2 is 1.89 bits per heavy atom. The Bertz CT molecular complexity index is 531. The van der Waals surface area contributed by atoms with E-state index in [0.29, 0.717) is 5.88 Å². The van der Waals surface area contributed by atoms with Crippen LogP contribution in [-0.2, 0) is 12.4 Å². The molecule has 0 saturated heterocycles.